The molecule has 5 heteroatoms. The van der Waals surface area contributed by atoms with Gasteiger partial charge in [-0.25, -0.2) is 8.78 Å². The molecule has 1 rings (SSSR count). The molecule has 0 fully saturated rings. The Morgan fingerprint density at radius 3 is 2.05 bits per heavy atom. The van der Waals surface area contributed by atoms with Gasteiger partial charge in [0.25, 0.3) is 0 Å². The molecule has 2 nitrogen and oxygen atoms in total. The highest BCUT2D eigenvalue weighted by Gasteiger charge is 2.19. The molecule has 0 radical (unpaired) electrons. The van der Waals surface area contributed by atoms with Crippen LogP contribution in [0, 0.1) is 17.6 Å². The van der Waals surface area contributed by atoms with Gasteiger partial charge in [-0.05, 0) is 37.7 Å². The molecule has 0 aliphatic heterocycles. The molecular weight excluding hydrogens is 282 g/mol. The van der Waals surface area contributed by atoms with Crippen LogP contribution in [-0.2, 0) is 5.88 Å². The number of nitrogens with zero attached hydrogens (tertiary/aromatic N) is 2. The number of rotatable bonds is 7. The Morgan fingerprint density at radius 2 is 1.65 bits per heavy atom. The standard InChI is InChI=1S/C15H23ClF2N2/c1-11(2)10-20(6-5-19(3)4)15-13(17)7-12(9-16)8-14(15)18/h7-8,11H,5-6,9-10H2,1-4H3. The van der Waals surface area contributed by atoms with E-state index in [-0.39, 0.29) is 11.6 Å². The maximum absolute atomic E-state index is 14.2. The summed E-state index contributed by atoms with van der Waals surface area (Å²) in [4.78, 5) is 3.77. The van der Waals surface area contributed by atoms with E-state index in [1.807, 2.05) is 32.8 Å². The highest BCUT2D eigenvalue weighted by Crippen LogP contribution is 2.26. The molecule has 0 saturated heterocycles. The summed E-state index contributed by atoms with van der Waals surface area (Å²) in [6.07, 6.45) is 0. The van der Waals surface area contributed by atoms with Gasteiger partial charge in [0.1, 0.15) is 17.3 Å². The van der Waals surface area contributed by atoms with Gasteiger partial charge in [-0.15, -0.1) is 11.6 Å². The van der Waals surface area contributed by atoms with Crippen LogP contribution in [0.4, 0.5) is 14.5 Å². The molecule has 0 bridgehead atoms. The Hall–Kier alpha value is -0.870. The predicted octanol–water partition coefficient (Wildman–Crippen LogP) is 3.73. The van der Waals surface area contributed by atoms with Gasteiger partial charge in [0.15, 0.2) is 0 Å². The molecule has 114 valence electrons. The van der Waals surface area contributed by atoms with Crippen molar-refractivity contribution in [2.45, 2.75) is 19.7 Å². The Labute approximate surface area is 125 Å². The van der Waals surface area contributed by atoms with Crippen molar-refractivity contribution in [1.82, 2.24) is 4.90 Å². The lowest BCUT2D eigenvalue weighted by molar-refractivity contribution is 0.406. The van der Waals surface area contributed by atoms with Gasteiger partial charge in [0, 0.05) is 25.5 Å². The summed E-state index contributed by atoms with van der Waals surface area (Å²) in [6.45, 7) is 6.00. The summed E-state index contributed by atoms with van der Waals surface area (Å²) < 4.78 is 28.3. The summed E-state index contributed by atoms with van der Waals surface area (Å²) >= 11 is 5.64. The Morgan fingerprint density at radius 1 is 1.10 bits per heavy atom. The highest BCUT2D eigenvalue weighted by atomic mass is 35.5. The minimum Gasteiger partial charge on any atom is -0.365 e. The number of hydrogen-bond donors (Lipinski definition) is 0. The second-order valence-corrected chi connectivity index (χ2v) is 5.95. The number of likely N-dealkylation sites (N-methyl/N-ethyl adjacent to an activating group) is 1. The quantitative estimate of drug-likeness (QED) is 0.708. The summed E-state index contributed by atoms with van der Waals surface area (Å²) in [5, 5.41) is 0. The molecule has 0 aliphatic rings. The van der Waals surface area contributed by atoms with Gasteiger partial charge in [-0.2, -0.15) is 0 Å². The fourth-order valence-electron chi connectivity index (χ4n) is 2.05. The number of hydrogen-bond acceptors (Lipinski definition) is 2. The maximum atomic E-state index is 14.2. The van der Waals surface area contributed by atoms with Crippen LogP contribution in [0.1, 0.15) is 19.4 Å². The first-order chi connectivity index (χ1) is 9.35. The second kappa shape index (κ2) is 7.79. The van der Waals surface area contributed by atoms with Crippen molar-refractivity contribution in [2.24, 2.45) is 5.92 Å². The molecule has 0 aliphatic carbocycles. The van der Waals surface area contributed by atoms with Crippen LogP contribution < -0.4 is 4.90 Å². The monoisotopic (exact) mass is 304 g/mol. The zero-order chi connectivity index (χ0) is 15.3. The third-order valence-corrected chi connectivity index (χ3v) is 3.26. The summed E-state index contributed by atoms with van der Waals surface area (Å²) in [5.41, 5.74) is 0.511. The van der Waals surface area contributed by atoms with E-state index < -0.39 is 11.6 Å². The van der Waals surface area contributed by atoms with Gasteiger partial charge in [-0.3, -0.25) is 0 Å². The summed E-state index contributed by atoms with van der Waals surface area (Å²) in [5.74, 6) is -0.653. The molecular formula is C15H23ClF2N2. The average molecular weight is 305 g/mol. The van der Waals surface area contributed by atoms with Gasteiger partial charge >= 0.3 is 0 Å². The van der Waals surface area contributed by atoms with E-state index in [1.54, 1.807) is 4.90 Å². The van der Waals surface area contributed by atoms with E-state index in [2.05, 4.69) is 0 Å². The Bertz CT molecular complexity index is 413. The van der Waals surface area contributed by atoms with Crippen molar-refractivity contribution in [3.8, 4) is 0 Å². The third-order valence-electron chi connectivity index (χ3n) is 2.95. The lowest BCUT2D eigenvalue weighted by Gasteiger charge is -2.29. The first-order valence-electron chi connectivity index (χ1n) is 6.78. The smallest absolute Gasteiger partial charge is 0.149 e. The maximum Gasteiger partial charge on any atom is 0.149 e. The van der Waals surface area contributed by atoms with Crippen molar-refractivity contribution in [3.63, 3.8) is 0 Å². The molecule has 0 unspecified atom stereocenters. The van der Waals surface area contributed by atoms with E-state index in [9.17, 15) is 8.78 Å². The SMILES string of the molecule is CC(C)CN(CCN(C)C)c1c(F)cc(CCl)cc1F. The Kier molecular flexibility index (Phi) is 6.69. The van der Waals surface area contributed by atoms with Crippen molar-refractivity contribution >= 4 is 17.3 Å². The van der Waals surface area contributed by atoms with Crippen molar-refractivity contribution in [3.05, 3.63) is 29.3 Å². The minimum absolute atomic E-state index is 0.0504. The zero-order valence-electron chi connectivity index (χ0n) is 12.6. The zero-order valence-corrected chi connectivity index (χ0v) is 13.3. The molecule has 0 saturated carbocycles. The van der Waals surface area contributed by atoms with Crippen LogP contribution in [0.2, 0.25) is 0 Å². The molecule has 0 atom stereocenters. The van der Waals surface area contributed by atoms with Gasteiger partial charge in [0.05, 0.1) is 0 Å². The van der Waals surface area contributed by atoms with Crippen LogP contribution in [0.3, 0.4) is 0 Å². The molecule has 1 aromatic carbocycles. The third kappa shape index (κ3) is 4.91. The van der Waals surface area contributed by atoms with E-state index in [0.717, 1.165) is 6.54 Å². The molecule has 0 spiro atoms. The first-order valence-corrected chi connectivity index (χ1v) is 7.32. The van der Waals surface area contributed by atoms with Crippen molar-refractivity contribution in [2.75, 3.05) is 38.6 Å². The van der Waals surface area contributed by atoms with E-state index in [4.69, 9.17) is 11.6 Å². The minimum atomic E-state index is -0.542. The highest BCUT2D eigenvalue weighted by molar-refractivity contribution is 6.17. The number of anilines is 1. The van der Waals surface area contributed by atoms with Crippen LogP contribution in [0.25, 0.3) is 0 Å². The van der Waals surface area contributed by atoms with E-state index in [0.29, 0.717) is 24.6 Å². The predicted molar refractivity (Wildman–Crippen MR) is 81.5 cm³/mol. The molecule has 0 amide bonds. The molecule has 20 heavy (non-hydrogen) atoms. The summed E-state index contributed by atoms with van der Waals surface area (Å²) in [7, 11) is 3.88. The van der Waals surface area contributed by atoms with Crippen LogP contribution in [-0.4, -0.2) is 38.6 Å². The normalized spacial score (nSPS) is 11.4. The molecule has 0 N–H and O–H groups in total. The fraction of sp³-hybridized carbons (Fsp3) is 0.600. The second-order valence-electron chi connectivity index (χ2n) is 5.68. The van der Waals surface area contributed by atoms with Gasteiger partial charge in [0.2, 0.25) is 0 Å². The molecule has 0 heterocycles. The number of benzene rings is 1. The van der Waals surface area contributed by atoms with E-state index in [1.165, 1.54) is 12.1 Å². The van der Waals surface area contributed by atoms with Crippen LogP contribution in [0.15, 0.2) is 12.1 Å². The number of alkyl halides is 1. The van der Waals surface area contributed by atoms with Crippen LogP contribution in [0.5, 0.6) is 0 Å². The van der Waals surface area contributed by atoms with Gasteiger partial charge < -0.3 is 9.80 Å². The van der Waals surface area contributed by atoms with Crippen molar-refractivity contribution in [1.29, 1.82) is 0 Å². The molecule has 0 aromatic heterocycles. The van der Waals surface area contributed by atoms with E-state index >= 15 is 0 Å². The summed E-state index contributed by atoms with van der Waals surface area (Å²) in [6, 6.07) is 2.63. The largest absolute Gasteiger partial charge is 0.365 e. The number of halogens is 3. The Balaban J connectivity index is 3.05. The molecule has 1 aromatic rings. The van der Waals surface area contributed by atoms with Crippen molar-refractivity contribution < 1.29 is 8.78 Å². The van der Waals surface area contributed by atoms with Crippen LogP contribution >= 0.6 is 11.6 Å². The topological polar surface area (TPSA) is 6.48 Å². The fourth-order valence-corrected chi connectivity index (χ4v) is 2.21. The lowest BCUT2D eigenvalue weighted by Crippen LogP contribution is -2.35. The van der Waals surface area contributed by atoms with Gasteiger partial charge in [-0.1, -0.05) is 13.8 Å². The first kappa shape index (κ1) is 17.2. The lowest BCUT2D eigenvalue weighted by atomic mass is 10.1. The average Bonchev–Trinajstić information content (AvgIpc) is 2.33.